The number of benzene rings is 3. The minimum atomic E-state index is -0.705. The molecule has 0 spiro atoms. The Bertz CT molecular complexity index is 1070. The van der Waals surface area contributed by atoms with Crippen molar-refractivity contribution in [3.05, 3.63) is 106 Å². The van der Waals surface area contributed by atoms with E-state index in [4.69, 9.17) is 11.6 Å². The van der Waals surface area contributed by atoms with Gasteiger partial charge in [-0.2, -0.15) is 0 Å². The van der Waals surface area contributed by atoms with E-state index in [9.17, 15) is 14.0 Å². The van der Waals surface area contributed by atoms with Crippen molar-refractivity contribution in [3.63, 3.8) is 0 Å². The Morgan fingerprint density at radius 3 is 2.20 bits per heavy atom. The van der Waals surface area contributed by atoms with E-state index in [0.717, 1.165) is 36.0 Å². The highest BCUT2D eigenvalue weighted by Gasteiger charge is 2.30. The normalized spacial score (nSPS) is 11.6. The number of unbranched alkanes of at least 4 members (excludes halogenated alkanes) is 2. The van der Waals surface area contributed by atoms with E-state index >= 15 is 0 Å². The molecule has 184 valence electrons. The van der Waals surface area contributed by atoms with Crippen LogP contribution in [-0.4, -0.2) is 29.3 Å². The second kappa shape index (κ2) is 13.6. The summed E-state index contributed by atoms with van der Waals surface area (Å²) in [5, 5.41) is 3.62. The van der Waals surface area contributed by atoms with Crippen LogP contribution in [0.3, 0.4) is 0 Å². The van der Waals surface area contributed by atoms with Crippen molar-refractivity contribution in [2.24, 2.45) is 0 Å². The Labute approximate surface area is 212 Å². The maximum Gasteiger partial charge on any atom is 0.243 e. The van der Waals surface area contributed by atoms with E-state index in [1.165, 1.54) is 12.1 Å². The number of amides is 2. The van der Waals surface area contributed by atoms with E-state index in [2.05, 4.69) is 12.2 Å². The number of carbonyl (C=O) groups excluding carboxylic acids is 2. The molecule has 0 bridgehead atoms. The van der Waals surface area contributed by atoms with Crippen molar-refractivity contribution in [2.75, 3.05) is 6.54 Å². The quantitative estimate of drug-likeness (QED) is 0.315. The van der Waals surface area contributed by atoms with Gasteiger partial charge in [-0.15, -0.1) is 0 Å². The lowest BCUT2D eigenvalue weighted by Gasteiger charge is -2.31. The molecule has 1 atom stereocenters. The largest absolute Gasteiger partial charge is 0.354 e. The van der Waals surface area contributed by atoms with Crippen LogP contribution in [0, 0.1) is 5.82 Å². The molecule has 0 heterocycles. The summed E-state index contributed by atoms with van der Waals surface area (Å²) < 4.78 is 13.5. The Balaban J connectivity index is 1.90. The van der Waals surface area contributed by atoms with Crippen molar-refractivity contribution in [2.45, 2.75) is 51.6 Å². The van der Waals surface area contributed by atoms with Gasteiger partial charge in [0, 0.05) is 24.5 Å². The first-order valence-corrected chi connectivity index (χ1v) is 12.4. The standard InChI is InChI=1S/C29H32ClFN2O2/c1-2-3-7-18-32-29(35)27(19-22-8-5-4-6-9-22)33(21-24-12-16-26(31)17-13-24)28(34)20-23-10-14-25(30)15-11-23/h4-6,8-17,27H,2-3,7,18-21H2,1H3,(H,32,35)/t27-/m1/s1. The first-order valence-electron chi connectivity index (χ1n) is 12.1. The minimum Gasteiger partial charge on any atom is -0.354 e. The zero-order chi connectivity index (χ0) is 25.0. The van der Waals surface area contributed by atoms with Crippen LogP contribution in [0.15, 0.2) is 78.9 Å². The molecule has 0 unspecified atom stereocenters. The van der Waals surface area contributed by atoms with Gasteiger partial charge in [-0.05, 0) is 47.4 Å². The van der Waals surface area contributed by atoms with Gasteiger partial charge in [0.05, 0.1) is 6.42 Å². The number of nitrogens with zero attached hydrogens (tertiary/aromatic N) is 1. The van der Waals surface area contributed by atoms with Crippen molar-refractivity contribution in [1.29, 1.82) is 0 Å². The Kier molecular flexibility index (Phi) is 10.3. The summed E-state index contributed by atoms with van der Waals surface area (Å²) in [6.07, 6.45) is 3.48. The lowest BCUT2D eigenvalue weighted by atomic mass is 10.0. The van der Waals surface area contributed by atoms with E-state index in [0.29, 0.717) is 18.0 Å². The van der Waals surface area contributed by atoms with E-state index in [1.807, 2.05) is 42.5 Å². The van der Waals surface area contributed by atoms with Gasteiger partial charge in [0.15, 0.2) is 0 Å². The number of hydrogen-bond acceptors (Lipinski definition) is 2. The fraction of sp³-hybridized carbons (Fsp3) is 0.310. The molecule has 0 aliphatic heterocycles. The van der Waals surface area contributed by atoms with Crippen LogP contribution in [0.25, 0.3) is 0 Å². The zero-order valence-electron chi connectivity index (χ0n) is 20.1. The predicted molar refractivity (Wildman–Crippen MR) is 139 cm³/mol. The fourth-order valence-corrected chi connectivity index (χ4v) is 4.05. The molecule has 0 aromatic heterocycles. The summed E-state index contributed by atoms with van der Waals surface area (Å²) in [6, 6.07) is 22.1. The number of nitrogens with one attached hydrogen (secondary N) is 1. The van der Waals surface area contributed by atoms with Crippen LogP contribution < -0.4 is 5.32 Å². The highest BCUT2D eigenvalue weighted by molar-refractivity contribution is 6.30. The fourth-order valence-electron chi connectivity index (χ4n) is 3.92. The molecule has 0 saturated heterocycles. The first-order chi connectivity index (χ1) is 17.0. The van der Waals surface area contributed by atoms with Gasteiger partial charge in [-0.1, -0.05) is 86.0 Å². The second-order valence-corrected chi connectivity index (χ2v) is 9.09. The van der Waals surface area contributed by atoms with Crippen molar-refractivity contribution >= 4 is 23.4 Å². The molecule has 0 aliphatic carbocycles. The van der Waals surface area contributed by atoms with Gasteiger partial charge in [-0.25, -0.2) is 4.39 Å². The molecule has 0 aliphatic rings. The van der Waals surface area contributed by atoms with Crippen LogP contribution >= 0.6 is 11.6 Å². The summed E-state index contributed by atoms with van der Waals surface area (Å²) in [6.45, 7) is 2.88. The molecule has 3 rings (SSSR count). The second-order valence-electron chi connectivity index (χ2n) is 8.66. The van der Waals surface area contributed by atoms with E-state index in [-0.39, 0.29) is 30.6 Å². The summed E-state index contributed by atoms with van der Waals surface area (Å²) in [5.74, 6) is -0.708. The molecule has 1 N–H and O–H groups in total. The third-order valence-corrected chi connectivity index (χ3v) is 6.14. The molecular formula is C29H32ClFN2O2. The van der Waals surface area contributed by atoms with Gasteiger partial charge >= 0.3 is 0 Å². The molecule has 0 saturated carbocycles. The van der Waals surface area contributed by atoms with Crippen molar-refractivity contribution in [1.82, 2.24) is 10.2 Å². The molecule has 6 heteroatoms. The lowest BCUT2D eigenvalue weighted by molar-refractivity contribution is -0.140. The number of rotatable bonds is 12. The average Bonchev–Trinajstić information content (AvgIpc) is 2.87. The highest BCUT2D eigenvalue weighted by atomic mass is 35.5. The highest BCUT2D eigenvalue weighted by Crippen LogP contribution is 2.18. The average molecular weight is 495 g/mol. The van der Waals surface area contributed by atoms with Gasteiger partial charge in [0.2, 0.25) is 11.8 Å². The van der Waals surface area contributed by atoms with Gasteiger partial charge < -0.3 is 10.2 Å². The molecular weight excluding hydrogens is 463 g/mol. The van der Waals surface area contributed by atoms with Crippen LogP contribution in [0.1, 0.15) is 42.9 Å². The predicted octanol–water partition coefficient (Wildman–Crippen LogP) is 5.97. The zero-order valence-corrected chi connectivity index (χ0v) is 20.8. The monoisotopic (exact) mass is 494 g/mol. The summed E-state index contributed by atoms with van der Waals surface area (Å²) in [4.78, 5) is 28.7. The molecule has 35 heavy (non-hydrogen) atoms. The molecule has 3 aromatic rings. The number of hydrogen-bond donors (Lipinski definition) is 1. The Morgan fingerprint density at radius 1 is 0.886 bits per heavy atom. The maximum absolute atomic E-state index is 13.6. The first kappa shape index (κ1) is 26.4. The van der Waals surface area contributed by atoms with Crippen LogP contribution in [0.2, 0.25) is 5.02 Å². The van der Waals surface area contributed by atoms with Gasteiger partial charge in [-0.3, -0.25) is 9.59 Å². The molecule has 4 nitrogen and oxygen atoms in total. The van der Waals surface area contributed by atoms with E-state index < -0.39 is 6.04 Å². The van der Waals surface area contributed by atoms with Crippen LogP contribution in [0.4, 0.5) is 4.39 Å². The molecule has 2 amide bonds. The number of carbonyl (C=O) groups is 2. The summed E-state index contributed by atoms with van der Waals surface area (Å²) >= 11 is 6.01. The summed E-state index contributed by atoms with van der Waals surface area (Å²) in [5.41, 5.74) is 2.53. The van der Waals surface area contributed by atoms with Crippen molar-refractivity contribution in [3.8, 4) is 0 Å². The third-order valence-electron chi connectivity index (χ3n) is 5.89. The maximum atomic E-state index is 13.6. The van der Waals surface area contributed by atoms with Gasteiger partial charge in [0.25, 0.3) is 0 Å². The van der Waals surface area contributed by atoms with E-state index in [1.54, 1.807) is 29.2 Å². The smallest absolute Gasteiger partial charge is 0.243 e. The Morgan fingerprint density at radius 2 is 1.54 bits per heavy atom. The lowest BCUT2D eigenvalue weighted by Crippen LogP contribution is -2.51. The van der Waals surface area contributed by atoms with Crippen LogP contribution in [0.5, 0.6) is 0 Å². The SMILES string of the molecule is CCCCCNC(=O)[C@@H](Cc1ccccc1)N(Cc1ccc(F)cc1)C(=O)Cc1ccc(Cl)cc1. The topological polar surface area (TPSA) is 49.4 Å². The summed E-state index contributed by atoms with van der Waals surface area (Å²) in [7, 11) is 0. The van der Waals surface area contributed by atoms with Crippen molar-refractivity contribution < 1.29 is 14.0 Å². The molecule has 3 aromatic carbocycles. The number of halogens is 2. The van der Waals surface area contributed by atoms with Gasteiger partial charge in [0.1, 0.15) is 11.9 Å². The van der Waals surface area contributed by atoms with Crippen LogP contribution in [-0.2, 0) is 29.0 Å². The minimum absolute atomic E-state index is 0.132. The Hall–Kier alpha value is -3.18. The third kappa shape index (κ3) is 8.52. The molecule has 0 radical (unpaired) electrons. The molecule has 0 fully saturated rings.